The van der Waals surface area contributed by atoms with E-state index in [9.17, 15) is 0 Å². The van der Waals surface area contributed by atoms with Gasteiger partial charge in [-0.1, -0.05) is 25.9 Å². The third-order valence-electron chi connectivity index (χ3n) is 1.50. The first-order valence-corrected chi connectivity index (χ1v) is 4.01. The standard InChI is InChI=1S/C8H15N3O/c1-5(9)6-10-7(11-12-6)8(2,3)4/h5H,9H2,1-4H3/t5-/m1/s1. The second-order valence-corrected chi connectivity index (χ2v) is 3.99. The Balaban J connectivity index is 2.92. The van der Waals surface area contributed by atoms with Gasteiger partial charge in [0, 0.05) is 5.41 Å². The second-order valence-electron chi connectivity index (χ2n) is 3.99. The third kappa shape index (κ3) is 1.82. The van der Waals surface area contributed by atoms with Gasteiger partial charge in [0.05, 0.1) is 6.04 Å². The van der Waals surface area contributed by atoms with E-state index in [1.807, 2.05) is 27.7 Å². The van der Waals surface area contributed by atoms with E-state index in [0.717, 1.165) is 0 Å². The number of nitrogens with two attached hydrogens (primary N) is 1. The lowest BCUT2D eigenvalue weighted by atomic mass is 9.96. The molecular weight excluding hydrogens is 154 g/mol. The topological polar surface area (TPSA) is 64.9 Å². The lowest BCUT2D eigenvalue weighted by Gasteiger charge is -2.10. The highest BCUT2D eigenvalue weighted by Gasteiger charge is 2.21. The van der Waals surface area contributed by atoms with Crippen LogP contribution < -0.4 is 5.73 Å². The first kappa shape index (κ1) is 9.19. The summed E-state index contributed by atoms with van der Waals surface area (Å²) in [5.41, 5.74) is 5.50. The highest BCUT2D eigenvalue weighted by atomic mass is 16.5. The molecule has 12 heavy (non-hydrogen) atoms. The molecule has 1 atom stereocenters. The molecule has 0 radical (unpaired) electrons. The Labute approximate surface area is 72.1 Å². The lowest BCUT2D eigenvalue weighted by molar-refractivity contribution is 0.349. The fourth-order valence-corrected chi connectivity index (χ4v) is 0.725. The molecule has 4 nitrogen and oxygen atoms in total. The van der Waals surface area contributed by atoms with Gasteiger partial charge in [-0.3, -0.25) is 0 Å². The summed E-state index contributed by atoms with van der Waals surface area (Å²) in [6.45, 7) is 7.91. The average Bonchev–Trinajstić information content (AvgIpc) is 2.30. The van der Waals surface area contributed by atoms with Gasteiger partial charge in [-0.05, 0) is 6.92 Å². The van der Waals surface area contributed by atoms with E-state index in [1.165, 1.54) is 0 Å². The molecule has 0 spiro atoms. The van der Waals surface area contributed by atoms with Crippen molar-refractivity contribution in [1.29, 1.82) is 0 Å². The van der Waals surface area contributed by atoms with Gasteiger partial charge in [-0.15, -0.1) is 0 Å². The van der Waals surface area contributed by atoms with E-state index < -0.39 is 0 Å². The predicted octanol–water partition coefficient (Wildman–Crippen LogP) is 1.39. The quantitative estimate of drug-likeness (QED) is 0.689. The van der Waals surface area contributed by atoms with Crippen molar-refractivity contribution in [3.63, 3.8) is 0 Å². The Morgan fingerprint density at radius 3 is 2.25 bits per heavy atom. The van der Waals surface area contributed by atoms with E-state index in [0.29, 0.717) is 11.7 Å². The van der Waals surface area contributed by atoms with Crippen molar-refractivity contribution >= 4 is 0 Å². The van der Waals surface area contributed by atoms with Crippen molar-refractivity contribution < 1.29 is 4.52 Å². The fraction of sp³-hybridized carbons (Fsp3) is 0.750. The molecule has 0 aromatic carbocycles. The number of hydrogen-bond acceptors (Lipinski definition) is 4. The van der Waals surface area contributed by atoms with Crippen LogP contribution in [0.15, 0.2) is 4.52 Å². The maximum Gasteiger partial charge on any atom is 0.243 e. The molecule has 0 saturated heterocycles. The summed E-state index contributed by atoms with van der Waals surface area (Å²) in [5, 5.41) is 3.84. The Hall–Kier alpha value is -0.900. The summed E-state index contributed by atoms with van der Waals surface area (Å²) in [6.07, 6.45) is 0. The molecule has 4 heteroatoms. The van der Waals surface area contributed by atoms with E-state index >= 15 is 0 Å². The monoisotopic (exact) mass is 169 g/mol. The van der Waals surface area contributed by atoms with Gasteiger partial charge in [-0.25, -0.2) is 0 Å². The molecule has 0 aliphatic rings. The first-order valence-electron chi connectivity index (χ1n) is 4.01. The summed E-state index contributed by atoms with van der Waals surface area (Å²) in [7, 11) is 0. The summed E-state index contributed by atoms with van der Waals surface area (Å²) >= 11 is 0. The van der Waals surface area contributed by atoms with Crippen LogP contribution in [0.5, 0.6) is 0 Å². The molecule has 0 aliphatic carbocycles. The molecule has 2 N–H and O–H groups in total. The molecule has 1 heterocycles. The molecule has 1 aromatic rings. The van der Waals surface area contributed by atoms with Crippen LogP contribution in [0.4, 0.5) is 0 Å². The van der Waals surface area contributed by atoms with Crippen LogP contribution in [-0.4, -0.2) is 10.1 Å². The maximum absolute atomic E-state index is 5.57. The zero-order valence-corrected chi connectivity index (χ0v) is 7.96. The molecule has 0 fully saturated rings. The van der Waals surface area contributed by atoms with Crippen molar-refractivity contribution in [1.82, 2.24) is 10.1 Å². The fourth-order valence-electron chi connectivity index (χ4n) is 0.725. The third-order valence-corrected chi connectivity index (χ3v) is 1.50. The van der Waals surface area contributed by atoms with E-state index in [1.54, 1.807) is 0 Å². The molecule has 0 saturated carbocycles. The van der Waals surface area contributed by atoms with Crippen LogP contribution in [0.3, 0.4) is 0 Å². The van der Waals surface area contributed by atoms with Crippen molar-refractivity contribution in [3.8, 4) is 0 Å². The highest BCUT2D eigenvalue weighted by Crippen LogP contribution is 2.19. The Bertz CT molecular complexity index is 260. The van der Waals surface area contributed by atoms with Gasteiger partial charge in [0.15, 0.2) is 5.82 Å². The van der Waals surface area contributed by atoms with E-state index in [2.05, 4.69) is 10.1 Å². The van der Waals surface area contributed by atoms with Crippen LogP contribution in [0.25, 0.3) is 0 Å². The van der Waals surface area contributed by atoms with Crippen LogP contribution in [0.2, 0.25) is 0 Å². The molecule has 0 aliphatic heterocycles. The zero-order valence-electron chi connectivity index (χ0n) is 7.96. The average molecular weight is 169 g/mol. The summed E-state index contributed by atoms with van der Waals surface area (Å²) in [4.78, 5) is 4.18. The van der Waals surface area contributed by atoms with E-state index in [4.69, 9.17) is 10.3 Å². The number of nitrogens with zero attached hydrogens (tertiary/aromatic N) is 2. The Morgan fingerprint density at radius 1 is 1.42 bits per heavy atom. The van der Waals surface area contributed by atoms with Crippen molar-refractivity contribution in [3.05, 3.63) is 11.7 Å². The Morgan fingerprint density at radius 2 is 2.00 bits per heavy atom. The molecule has 1 rings (SSSR count). The van der Waals surface area contributed by atoms with Gasteiger partial charge < -0.3 is 10.3 Å². The number of rotatable bonds is 1. The highest BCUT2D eigenvalue weighted by molar-refractivity contribution is 5.01. The SMILES string of the molecule is C[C@@H](N)c1nc(C(C)(C)C)no1. The number of hydrogen-bond donors (Lipinski definition) is 1. The number of aromatic nitrogens is 2. The van der Waals surface area contributed by atoms with Crippen molar-refractivity contribution in [2.45, 2.75) is 39.2 Å². The molecule has 0 bridgehead atoms. The maximum atomic E-state index is 5.57. The molecule has 1 aromatic heterocycles. The lowest BCUT2D eigenvalue weighted by Crippen LogP contribution is -2.14. The normalized spacial score (nSPS) is 14.8. The van der Waals surface area contributed by atoms with Crippen LogP contribution >= 0.6 is 0 Å². The summed E-state index contributed by atoms with van der Waals surface area (Å²) in [5.74, 6) is 1.20. The van der Waals surface area contributed by atoms with Crippen LogP contribution in [0.1, 0.15) is 45.5 Å². The summed E-state index contributed by atoms with van der Waals surface area (Å²) < 4.78 is 4.97. The largest absolute Gasteiger partial charge is 0.338 e. The molecular formula is C8H15N3O. The molecule has 0 amide bonds. The minimum Gasteiger partial charge on any atom is -0.338 e. The van der Waals surface area contributed by atoms with Crippen LogP contribution in [-0.2, 0) is 5.41 Å². The minimum atomic E-state index is -0.186. The van der Waals surface area contributed by atoms with Gasteiger partial charge >= 0.3 is 0 Å². The second kappa shape index (κ2) is 2.86. The van der Waals surface area contributed by atoms with Gasteiger partial charge in [0.1, 0.15) is 0 Å². The van der Waals surface area contributed by atoms with Crippen LogP contribution in [0, 0.1) is 0 Å². The van der Waals surface area contributed by atoms with Gasteiger partial charge in [0.2, 0.25) is 5.89 Å². The Kier molecular flexibility index (Phi) is 2.19. The van der Waals surface area contributed by atoms with E-state index in [-0.39, 0.29) is 11.5 Å². The van der Waals surface area contributed by atoms with Gasteiger partial charge in [0.25, 0.3) is 0 Å². The summed E-state index contributed by atoms with van der Waals surface area (Å²) in [6, 6.07) is -0.186. The predicted molar refractivity (Wildman–Crippen MR) is 45.6 cm³/mol. The molecule has 68 valence electrons. The van der Waals surface area contributed by atoms with Gasteiger partial charge in [-0.2, -0.15) is 4.98 Å². The zero-order chi connectivity index (χ0) is 9.35. The first-order chi connectivity index (χ1) is 5.41. The smallest absolute Gasteiger partial charge is 0.243 e. The molecule has 0 unspecified atom stereocenters. The van der Waals surface area contributed by atoms with Crippen molar-refractivity contribution in [2.24, 2.45) is 5.73 Å². The van der Waals surface area contributed by atoms with Crippen molar-refractivity contribution in [2.75, 3.05) is 0 Å². The minimum absolute atomic E-state index is 0.0728.